The molecule has 3 spiro atoms. The number of rotatable bonds is 18. The molecule has 32 heteroatoms. The molecule has 6 fully saturated rings. The minimum atomic E-state index is -0.511. The summed E-state index contributed by atoms with van der Waals surface area (Å²) in [4.78, 5) is 137. The van der Waals surface area contributed by atoms with E-state index in [1.54, 1.807) is 57.2 Å². The highest BCUT2D eigenvalue weighted by Gasteiger charge is 2.53. The van der Waals surface area contributed by atoms with Gasteiger partial charge in [-0.1, -0.05) is 76.9 Å². The van der Waals surface area contributed by atoms with E-state index >= 15 is 0 Å². The van der Waals surface area contributed by atoms with E-state index in [-0.39, 0.29) is 82.8 Å². The number of amides is 8. The van der Waals surface area contributed by atoms with Gasteiger partial charge in [0.25, 0.3) is 17.7 Å². The Morgan fingerprint density at radius 1 is 0.491 bits per heavy atom. The molecule has 0 atom stereocenters. The summed E-state index contributed by atoms with van der Waals surface area (Å²) in [5, 5.41) is 21.8. The minimum absolute atomic E-state index is 0. The van der Waals surface area contributed by atoms with Crippen LogP contribution in [0.15, 0.2) is 147 Å². The maximum atomic E-state index is 13.1. The fraction of sp³-hybridized carbons (Fsp3) is 0.388. The monoisotopic (exact) mass is 1640 g/mol. The standard InChI is InChI=1S/C27H33N5O4S.C25H27N5O3S.C22H25N5O2S.2C3H3ClO.ClH/c1-5-21(33)29-22-11-10-20(37-22)23(34)30-24-28-18-8-6-7-9-19(18)32(24)17-14-27(15-17)12-13-31(16-27)25(35)36-26(2,3)4;1-3-20(31)27-21-10-9-19(34-21)23(33)28-24-26-17-7-5-6-8-18(17)30(24)16-13-25(14-16)11-12-29(15-25)22(32)4-2;1-2-18(28)25-19-8-7-17(30-19)20(29)26-21-24-15-5-3-4-6-16(15)27(21)14-11-22(12-14)9-10-23-13-22;2*1-2-3(4)5;/h6-11,17H,5,12-16H2,1-4H3,(H,29,33)(H,28,30,34);4-10,16H,2-3,11-15H2,1H3,(H,27,31)(H,26,28,33);3-8,14,23H,2,9-13H2,1H3,(H,25,28)(H,24,26,29);2*2H,1H2;1H. The summed E-state index contributed by atoms with van der Waals surface area (Å²) < 4.78 is 12.0. The van der Waals surface area contributed by atoms with Crippen LogP contribution in [0.4, 0.5) is 37.6 Å². The number of hydrogen-bond donors (Lipinski definition) is 7. The van der Waals surface area contributed by atoms with E-state index in [0.717, 1.165) is 123 Å². The van der Waals surface area contributed by atoms with E-state index in [1.165, 1.54) is 46.5 Å². The fourth-order valence-corrected chi connectivity index (χ4v) is 17.6. The van der Waals surface area contributed by atoms with Crippen molar-refractivity contribution in [3.05, 3.63) is 162 Å². The first kappa shape index (κ1) is 84.6. The molecule has 112 heavy (non-hydrogen) atoms. The Bertz CT molecular complexity index is 5010. The number of hydrogen-bond acceptors (Lipinski definition) is 18. The number of para-hydroxylation sites is 6. The van der Waals surface area contributed by atoms with E-state index in [1.807, 2.05) is 97.3 Å². The van der Waals surface area contributed by atoms with Crippen molar-refractivity contribution in [2.75, 3.05) is 71.2 Å². The lowest BCUT2D eigenvalue weighted by atomic mass is 9.64. The van der Waals surface area contributed by atoms with Gasteiger partial charge in [0.2, 0.25) is 52.0 Å². The van der Waals surface area contributed by atoms with Crippen LogP contribution >= 0.6 is 69.6 Å². The SMILES string of the molecule is C=CC(=O)Cl.C=CC(=O)Cl.C=CC(=O)N1CCC2(CC(n3c(NC(=O)c4ccc(NC(=O)CC)s4)nc4ccccc43)C2)C1.CCC(=O)Nc1ccc(C(=O)Nc2nc3ccccc3n2C2CC3(CCN(C(=O)OC(C)(C)C)C3)C2)s1.CCC(=O)Nc1ccc(C(=O)Nc2nc3ccccc3n2C2CC3(CCNC3)C2)s1.Cl. The maximum Gasteiger partial charge on any atom is 0.410 e. The third-order valence-electron chi connectivity index (χ3n) is 20.5. The molecular weight excluding hydrogens is 1550 g/mol. The van der Waals surface area contributed by atoms with Crippen molar-refractivity contribution in [3.63, 3.8) is 0 Å². The highest BCUT2D eigenvalue weighted by atomic mass is 35.5. The van der Waals surface area contributed by atoms with Crippen molar-refractivity contribution in [1.82, 2.24) is 43.8 Å². The molecule has 0 bridgehead atoms. The van der Waals surface area contributed by atoms with Crippen LogP contribution in [0.25, 0.3) is 33.1 Å². The Morgan fingerprint density at radius 2 is 0.821 bits per heavy atom. The van der Waals surface area contributed by atoms with Crippen LogP contribution in [-0.4, -0.2) is 141 Å². The molecule has 3 saturated heterocycles. The van der Waals surface area contributed by atoms with E-state index in [4.69, 9.17) is 42.9 Å². The van der Waals surface area contributed by atoms with Crippen molar-refractivity contribution in [2.45, 2.75) is 142 Å². The second-order valence-corrected chi connectivity index (χ2v) is 33.4. The summed E-state index contributed by atoms with van der Waals surface area (Å²) in [6.45, 7) is 25.9. The van der Waals surface area contributed by atoms with Gasteiger partial charge < -0.3 is 49.5 Å². The molecule has 7 N–H and O–H groups in total. The summed E-state index contributed by atoms with van der Waals surface area (Å²) in [5.74, 6) is 0.667. The predicted molar refractivity (Wildman–Crippen MR) is 446 cm³/mol. The molecule has 6 aromatic heterocycles. The number of thiophene rings is 3. The van der Waals surface area contributed by atoms with Gasteiger partial charge in [0.1, 0.15) is 5.60 Å². The lowest BCUT2D eigenvalue weighted by Crippen LogP contribution is -2.43. The fourth-order valence-electron chi connectivity index (χ4n) is 15.1. The summed E-state index contributed by atoms with van der Waals surface area (Å²) in [7, 11) is 0. The Morgan fingerprint density at radius 3 is 1.13 bits per heavy atom. The number of anilines is 6. The number of fused-ring (bicyclic) bond motifs is 3. The first-order chi connectivity index (χ1) is 53.1. The summed E-state index contributed by atoms with van der Waals surface area (Å²) in [6, 6.07) is 34.9. The van der Waals surface area contributed by atoms with Crippen LogP contribution in [0.5, 0.6) is 0 Å². The first-order valence-electron chi connectivity index (χ1n) is 36.9. The normalized spacial score (nSPS) is 20.2. The largest absolute Gasteiger partial charge is 0.444 e. The van der Waals surface area contributed by atoms with Crippen LogP contribution in [0, 0.1) is 16.2 Å². The quantitative estimate of drug-likeness (QED) is 0.0310. The summed E-state index contributed by atoms with van der Waals surface area (Å²) >= 11 is 13.2. The van der Waals surface area contributed by atoms with Gasteiger partial charge in [0.15, 0.2) is 0 Å². The third-order valence-corrected chi connectivity index (χ3v) is 23.8. The lowest BCUT2D eigenvalue weighted by Gasteiger charge is -2.46. The van der Waals surface area contributed by atoms with E-state index in [0.29, 0.717) is 91.3 Å². The number of imidazole rings is 3. The number of allylic oxidation sites excluding steroid dienone is 2. The molecule has 592 valence electrons. The van der Waals surface area contributed by atoms with Crippen molar-refractivity contribution in [2.24, 2.45) is 16.2 Å². The van der Waals surface area contributed by atoms with Gasteiger partial charge in [-0.05, 0) is 216 Å². The molecule has 0 unspecified atom stereocenters. The molecule has 26 nitrogen and oxygen atoms in total. The number of benzene rings is 3. The van der Waals surface area contributed by atoms with Crippen LogP contribution in [0.2, 0.25) is 0 Å². The molecule has 6 aliphatic rings. The van der Waals surface area contributed by atoms with Gasteiger partial charge >= 0.3 is 6.09 Å². The average Bonchev–Trinajstić information content (AvgIpc) is 1.59. The van der Waals surface area contributed by atoms with Gasteiger partial charge in [0.05, 0.1) is 62.7 Å². The Hall–Kier alpha value is -9.88. The number of nitrogens with zero attached hydrogens (tertiary/aromatic N) is 8. The molecule has 3 aliphatic carbocycles. The van der Waals surface area contributed by atoms with Crippen LogP contribution in [0.3, 0.4) is 0 Å². The zero-order valence-electron chi connectivity index (χ0n) is 63.2. The number of aromatic nitrogens is 6. The zero-order chi connectivity index (χ0) is 79.5. The van der Waals surface area contributed by atoms with Crippen LogP contribution in [0.1, 0.15) is 166 Å². The molecule has 9 aromatic rings. The molecule has 3 saturated carbocycles. The number of carbonyl (C=O) groups is 10. The minimum Gasteiger partial charge on any atom is -0.444 e. The highest BCUT2D eigenvalue weighted by Crippen LogP contribution is 2.58. The number of likely N-dealkylation sites (tertiary alicyclic amines) is 2. The van der Waals surface area contributed by atoms with Crippen molar-refractivity contribution in [1.29, 1.82) is 0 Å². The predicted octanol–water partition coefficient (Wildman–Crippen LogP) is 16.4. The zero-order valence-corrected chi connectivity index (χ0v) is 67.9. The van der Waals surface area contributed by atoms with E-state index < -0.39 is 16.1 Å². The number of halogens is 3. The number of ether oxygens (including phenoxy) is 1. The average molecular weight is 1640 g/mol. The Balaban J connectivity index is 0.000000168. The second kappa shape index (κ2) is 36.7. The van der Waals surface area contributed by atoms with Crippen molar-refractivity contribution >= 4 is 193 Å². The molecule has 9 heterocycles. The van der Waals surface area contributed by atoms with Gasteiger partial charge in [-0.15, -0.1) is 46.4 Å². The smallest absolute Gasteiger partial charge is 0.410 e. The highest BCUT2D eigenvalue weighted by molar-refractivity contribution is 7.19. The molecule has 8 amide bonds. The number of carbonyl (C=O) groups excluding carboxylic acids is 10. The molecule has 3 aliphatic heterocycles. The van der Waals surface area contributed by atoms with Crippen molar-refractivity contribution < 1.29 is 52.7 Å². The lowest BCUT2D eigenvalue weighted by molar-refractivity contribution is -0.126. The number of nitrogens with one attached hydrogen (secondary N) is 7. The first-order valence-corrected chi connectivity index (χ1v) is 40.1. The Kier molecular flexibility index (Phi) is 27.7. The third kappa shape index (κ3) is 20.3. The molecule has 15 rings (SSSR count). The Labute approximate surface area is 677 Å². The van der Waals surface area contributed by atoms with Crippen LogP contribution < -0.4 is 37.2 Å². The van der Waals surface area contributed by atoms with Gasteiger partial charge in [0, 0.05) is 70.1 Å². The molecular formula is C80H92Cl3N15O11S3. The summed E-state index contributed by atoms with van der Waals surface area (Å²) in [6.07, 6.45) is 13.4. The van der Waals surface area contributed by atoms with Crippen LogP contribution in [-0.2, 0) is 33.5 Å². The van der Waals surface area contributed by atoms with Gasteiger partial charge in [-0.2, -0.15) is 0 Å². The van der Waals surface area contributed by atoms with Gasteiger partial charge in [-0.25, -0.2) is 19.7 Å². The van der Waals surface area contributed by atoms with Crippen molar-refractivity contribution in [3.8, 4) is 0 Å². The summed E-state index contributed by atoms with van der Waals surface area (Å²) in [5.41, 5.74) is 5.63. The van der Waals surface area contributed by atoms with Gasteiger partial charge in [-0.3, -0.25) is 59.1 Å². The second-order valence-electron chi connectivity index (χ2n) is 29.4. The molecule has 0 radical (unpaired) electrons. The van der Waals surface area contributed by atoms with E-state index in [2.05, 4.69) is 76.7 Å². The maximum absolute atomic E-state index is 13.1. The van der Waals surface area contributed by atoms with E-state index in [9.17, 15) is 47.9 Å². The topological polar surface area (TPSA) is 324 Å². The molecule has 3 aromatic carbocycles.